The molecule has 336 valence electrons. The van der Waals surface area contributed by atoms with E-state index in [0.717, 1.165) is 57.8 Å². The number of aliphatic hydroxyl groups excluding tert-OH is 1. The second-order valence-corrected chi connectivity index (χ2v) is 16.9. The zero-order chi connectivity index (χ0) is 41.9. The zero-order valence-electron chi connectivity index (χ0n) is 37.4. The van der Waals surface area contributed by atoms with E-state index in [2.05, 4.69) is 24.5 Å². The van der Waals surface area contributed by atoms with Gasteiger partial charge in [0.2, 0.25) is 11.8 Å². The number of carboxylic acids is 1. The second-order valence-electron chi connectivity index (χ2n) is 16.9. The van der Waals surface area contributed by atoms with Crippen LogP contribution in [0.1, 0.15) is 258 Å². The lowest BCUT2D eigenvalue weighted by Crippen LogP contribution is -2.47. The van der Waals surface area contributed by atoms with Gasteiger partial charge < -0.3 is 25.6 Å². The maximum Gasteiger partial charge on any atom is 0.328 e. The molecule has 2 atom stereocenters. The standard InChI is InChI=1S/C48H92N2O7/c1-3-5-7-9-11-13-15-17-19-21-23-25-27-32-36-40-47(54)57-43(37-33-29-26-24-22-20-18-16-14-12-10-8-6-4-2)38-34-30-28-31-35-39-45(52)49-41-46(53)50-44(42-51)48(55)56/h43-44,51H,3-42H2,1-2H3,(H,49,52)(H,50,53)(H,55,56). The number of aliphatic carboxylic acids is 1. The van der Waals surface area contributed by atoms with Crippen molar-refractivity contribution in [2.45, 2.75) is 270 Å². The third-order valence-electron chi connectivity index (χ3n) is 11.4. The van der Waals surface area contributed by atoms with E-state index in [9.17, 15) is 19.2 Å². The Hall–Kier alpha value is -2.16. The number of hydrogen-bond donors (Lipinski definition) is 4. The summed E-state index contributed by atoms with van der Waals surface area (Å²) in [5.74, 6) is -2.26. The predicted octanol–water partition coefficient (Wildman–Crippen LogP) is 12.4. The van der Waals surface area contributed by atoms with E-state index >= 15 is 0 Å². The van der Waals surface area contributed by atoms with Gasteiger partial charge in [-0.1, -0.05) is 206 Å². The van der Waals surface area contributed by atoms with Crippen LogP contribution in [0.4, 0.5) is 0 Å². The van der Waals surface area contributed by atoms with Crippen LogP contribution in [0.2, 0.25) is 0 Å². The smallest absolute Gasteiger partial charge is 0.328 e. The first-order chi connectivity index (χ1) is 27.8. The SMILES string of the molecule is CCCCCCCCCCCCCCCCCC(=O)OC(CCCCCCCCCCCCCCCC)CCCCCCCC(=O)NCC(=O)NC(CO)C(=O)O. The molecule has 0 fully saturated rings. The first kappa shape index (κ1) is 54.8. The van der Waals surface area contributed by atoms with Crippen LogP contribution < -0.4 is 10.6 Å². The summed E-state index contributed by atoms with van der Waals surface area (Å²) in [5, 5.41) is 22.6. The van der Waals surface area contributed by atoms with Crippen LogP contribution in [0.3, 0.4) is 0 Å². The van der Waals surface area contributed by atoms with Crippen molar-refractivity contribution in [3.63, 3.8) is 0 Å². The average molecular weight is 809 g/mol. The van der Waals surface area contributed by atoms with Crippen LogP contribution in [0.25, 0.3) is 0 Å². The minimum Gasteiger partial charge on any atom is -0.480 e. The molecule has 0 radical (unpaired) electrons. The van der Waals surface area contributed by atoms with Gasteiger partial charge in [0.25, 0.3) is 0 Å². The van der Waals surface area contributed by atoms with Crippen LogP contribution in [0, 0.1) is 0 Å². The lowest BCUT2D eigenvalue weighted by Gasteiger charge is -2.18. The highest BCUT2D eigenvalue weighted by Crippen LogP contribution is 2.20. The molecular weight excluding hydrogens is 717 g/mol. The maximum absolute atomic E-state index is 12.8. The fourth-order valence-corrected chi connectivity index (χ4v) is 7.60. The van der Waals surface area contributed by atoms with Crippen LogP contribution in [0.15, 0.2) is 0 Å². The molecule has 9 heteroatoms. The first-order valence-electron chi connectivity index (χ1n) is 24.4. The van der Waals surface area contributed by atoms with Gasteiger partial charge in [-0.05, 0) is 38.5 Å². The van der Waals surface area contributed by atoms with Crippen molar-refractivity contribution in [2.24, 2.45) is 0 Å². The minimum atomic E-state index is -1.38. The highest BCUT2D eigenvalue weighted by Gasteiger charge is 2.19. The molecule has 0 aromatic carbocycles. The molecule has 0 rings (SSSR count). The summed E-state index contributed by atoms with van der Waals surface area (Å²) in [4.78, 5) is 47.7. The molecule has 0 saturated carbocycles. The summed E-state index contributed by atoms with van der Waals surface area (Å²) in [6.45, 7) is 3.52. The number of amides is 2. The van der Waals surface area contributed by atoms with Gasteiger partial charge >= 0.3 is 11.9 Å². The topological polar surface area (TPSA) is 142 Å². The molecule has 0 saturated heterocycles. The first-order valence-corrected chi connectivity index (χ1v) is 24.4. The van der Waals surface area contributed by atoms with Gasteiger partial charge in [0, 0.05) is 12.8 Å². The second kappa shape index (κ2) is 43.4. The molecule has 0 aliphatic carbocycles. The number of aliphatic hydroxyl groups is 1. The molecule has 4 N–H and O–H groups in total. The molecule has 2 unspecified atom stereocenters. The van der Waals surface area contributed by atoms with Crippen LogP contribution in [-0.4, -0.2) is 59.3 Å². The van der Waals surface area contributed by atoms with Gasteiger partial charge in [-0.25, -0.2) is 4.79 Å². The Balaban J connectivity index is 4.27. The van der Waals surface area contributed by atoms with Gasteiger partial charge in [-0.2, -0.15) is 0 Å². The van der Waals surface area contributed by atoms with Crippen molar-refractivity contribution < 1.29 is 34.1 Å². The van der Waals surface area contributed by atoms with E-state index in [1.54, 1.807) is 0 Å². The molecule has 0 aromatic heterocycles. The summed E-state index contributed by atoms with van der Waals surface area (Å²) >= 11 is 0. The lowest BCUT2D eigenvalue weighted by atomic mass is 10.0. The molecule has 0 heterocycles. The zero-order valence-corrected chi connectivity index (χ0v) is 37.4. The Bertz CT molecular complexity index is 930. The van der Waals surface area contributed by atoms with Crippen LogP contribution in [0.5, 0.6) is 0 Å². The van der Waals surface area contributed by atoms with Crippen molar-refractivity contribution in [3.8, 4) is 0 Å². The largest absolute Gasteiger partial charge is 0.480 e. The fraction of sp³-hybridized carbons (Fsp3) is 0.917. The van der Waals surface area contributed by atoms with E-state index in [-0.39, 0.29) is 24.5 Å². The van der Waals surface area contributed by atoms with Gasteiger partial charge in [0.15, 0.2) is 0 Å². The normalized spacial score (nSPS) is 12.3. The molecular formula is C48H92N2O7. The summed E-state index contributed by atoms with van der Waals surface area (Å²) in [6.07, 6.45) is 45.6. The molecule has 2 amide bonds. The third-order valence-corrected chi connectivity index (χ3v) is 11.4. The molecule has 0 aromatic rings. The van der Waals surface area contributed by atoms with Gasteiger partial charge in [0.1, 0.15) is 12.1 Å². The quantitative estimate of drug-likeness (QED) is 0.0354. The number of unbranched alkanes of at least 4 members (excludes halogenated alkanes) is 31. The highest BCUT2D eigenvalue weighted by atomic mass is 16.5. The summed E-state index contributed by atoms with van der Waals surface area (Å²) in [5.41, 5.74) is 0. The fourth-order valence-electron chi connectivity index (χ4n) is 7.60. The third kappa shape index (κ3) is 40.4. The van der Waals surface area contributed by atoms with Crippen molar-refractivity contribution in [2.75, 3.05) is 13.2 Å². The monoisotopic (exact) mass is 809 g/mol. The molecule has 0 spiro atoms. The summed E-state index contributed by atoms with van der Waals surface area (Å²) in [7, 11) is 0. The van der Waals surface area contributed by atoms with Crippen molar-refractivity contribution in [1.29, 1.82) is 0 Å². The number of carbonyl (C=O) groups excluding carboxylic acids is 3. The number of nitrogens with one attached hydrogen (secondary N) is 2. The molecule has 0 aliphatic heterocycles. The van der Waals surface area contributed by atoms with Gasteiger partial charge in [-0.3, -0.25) is 14.4 Å². The van der Waals surface area contributed by atoms with E-state index in [0.29, 0.717) is 19.3 Å². The maximum atomic E-state index is 12.8. The summed E-state index contributed by atoms with van der Waals surface area (Å²) < 4.78 is 6.06. The minimum absolute atomic E-state index is 0.00495. The number of hydrogen-bond acceptors (Lipinski definition) is 6. The predicted molar refractivity (Wildman–Crippen MR) is 236 cm³/mol. The Kier molecular flexibility index (Phi) is 41.8. The number of carbonyl (C=O) groups is 4. The van der Waals surface area contributed by atoms with Crippen molar-refractivity contribution in [3.05, 3.63) is 0 Å². The van der Waals surface area contributed by atoms with E-state index in [1.165, 1.54) is 167 Å². The average Bonchev–Trinajstić information content (AvgIpc) is 3.20. The Morgan fingerprint density at radius 3 is 1.14 bits per heavy atom. The van der Waals surface area contributed by atoms with Crippen LogP contribution in [-0.2, 0) is 23.9 Å². The molecule has 57 heavy (non-hydrogen) atoms. The highest BCUT2D eigenvalue weighted by molar-refractivity contribution is 5.87. The number of rotatable bonds is 45. The Morgan fingerprint density at radius 2 is 0.789 bits per heavy atom. The summed E-state index contributed by atoms with van der Waals surface area (Å²) in [6, 6.07) is -1.38. The lowest BCUT2D eigenvalue weighted by molar-refractivity contribution is -0.150. The number of carboxylic acid groups (broad SMARTS) is 1. The Labute approximate surface area is 350 Å². The number of esters is 1. The van der Waals surface area contributed by atoms with Gasteiger partial charge in [-0.15, -0.1) is 0 Å². The van der Waals surface area contributed by atoms with E-state index < -0.39 is 24.5 Å². The van der Waals surface area contributed by atoms with E-state index in [1.807, 2.05) is 0 Å². The van der Waals surface area contributed by atoms with Gasteiger partial charge in [0.05, 0.1) is 13.2 Å². The van der Waals surface area contributed by atoms with Crippen molar-refractivity contribution in [1.82, 2.24) is 10.6 Å². The Morgan fingerprint density at radius 1 is 0.456 bits per heavy atom. The molecule has 0 aliphatic rings. The number of ether oxygens (including phenoxy) is 1. The van der Waals surface area contributed by atoms with Crippen LogP contribution >= 0.6 is 0 Å². The van der Waals surface area contributed by atoms with E-state index in [4.69, 9.17) is 14.9 Å². The van der Waals surface area contributed by atoms with Crippen molar-refractivity contribution >= 4 is 23.8 Å². The molecule has 9 nitrogen and oxygen atoms in total. The molecule has 0 bridgehead atoms.